The second-order valence-electron chi connectivity index (χ2n) is 5.86. The van der Waals surface area contributed by atoms with Crippen LogP contribution in [0.5, 0.6) is 11.5 Å². The van der Waals surface area contributed by atoms with Gasteiger partial charge < -0.3 is 14.0 Å². The van der Waals surface area contributed by atoms with E-state index in [-0.39, 0.29) is 4.90 Å². The summed E-state index contributed by atoms with van der Waals surface area (Å²) >= 11 is 1.25. The third-order valence-corrected chi connectivity index (χ3v) is 6.21. The molecule has 1 aromatic heterocycles. The Hall–Kier alpha value is -2.65. The molecule has 27 heavy (non-hydrogen) atoms. The van der Waals surface area contributed by atoms with E-state index in [2.05, 4.69) is 4.99 Å². The summed E-state index contributed by atoms with van der Waals surface area (Å²) in [6.45, 7) is 0. The van der Waals surface area contributed by atoms with E-state index in [0.717, 1.165) is 16.5 Å². The van der Waals surface area contributed by atoms with Crippen LogP contribution in [-0.4, -0.2) is 39.4 Å². The molecule has 0 aliphatic carbocycles. The van der Waals surface area contributed by atoms with Gasteiger partial charge in [0.2, 0.25) is 0 Å². The number of hydrogen-bond donors (Lipinski definition) is 0. The van der Waals surface area contributed by atoms with Crippen molar-refractivity contribution in [2.45, 2.75) is 4.90 Å². The summed E-state index contributed by atoms with van der Waals surface area (Å²) in [7, 11) is 1.48. The van der Waals surface area contributed by atoms with E-state index in [4.69, 9.17) is 9.47 Å². The first kappa shape index (κ1) is 19.1. The van der Waals surface area contributed by atoms with Gasteiger partial charge in [0.05, 0.1) is 29.3 Å². The smallest absolute Gasteiger partial charge is 0.279 e. The number of amides is 1. The molecule has 0 spiro atoms. The predicted octanol–water partition coefficient (Wildman–Crippen LogP) is 2.40. The molecule has 0 bridgehead atoms. The van der Waals surface area contributed by atoms with Gasteiger partial charge in [-0.15, -0.1) is 0 Å². The third kappa shape index (κ3) is 3.88. The summed E-state index contributed by atoms with van der Waals surface area (Å²) in [5, 5.41) is 0. The van der Waals surface area contributed by atoms with Gasteiger partial charge in [-0.25, -0.2) is 8.42 Å². The molecule has 3 aromatic rings. The number of ether oxygens (including phenoxy) is 2. The first-order valence-electron chi connectivity index (χ1n) is 7.84. The first-order valence-corrected chi connectivity index (χ1v) is 10.6. The molecule has 0 N–H and O–H groups in total. The lowest BCUT2D eigenvalue weighted by atomic mass is 10.2. The van der Waals surface area contributed by atoms with Gasteiger partial charge in [0, 0.05) is 24.9 Å². The Kier molecular flexibility index (Phi) is 5.07. The number of hydrogen-bond acceptors (Lipinski definition) is 6. The predicted molar refractivity (Wildman–Crippen MR) is 103 cm³/mol. The van der Waals surface area contributed by atoms with E-state index in [1.165, 1.54) is 25.6 Å². The van der Waals surface area contributed by atoms with Crippen LogP contribution < -0.4 is 14.3 Å². The van der Waals surface area contributed by atoms with E-state index in [1.807, 2.05) is 0 Å². The topological polar surface area (TPSA) is 87.0 Å². The maximum absolute atomic E-state index is 12.6. The lowest BCUT2D eigenvalue weighted by molar-refractivity contribution is 0.0997. The number of thiazole rings is 1. The number of benzene rings is 2. The van der Waals surface area contributed by atoms with E-state index >= 15 is 0 Å². The van der Waals surface area contributed by atoms with Crippen LogP contribution in [0.4, 0.5) is 0 Å². The lowest BCUT2D eigenvalue weighted by Crippen LogP contribution is -2.13. The average molecular weight is 406 g/mol. The van der Waals surface area contributed by atoms with Crippen LogP contribution >= 0.6 is 11.3 Å². The molecule has 3 rings (SSSR count). The third-order valence-electron chi connectivity index (χ3n) is 4.00. The minimum Gasteiger partial charge on any atom is -0.497 e. The van der Waals surface area contributed by atoms with Gasteiger partial charge >= 0.3 is 0 Å². The van der Waals surface area contributed by atoms with Gasteiger partial charge in [0.15, 0.2) is 14.6 Å². The van der Waals surface area contributed by atoms with Gasteiger partial charge in [-0.05, 0) is 30.3 Å². The largest absolute Gasteiger partial charge is 0.497 e. The Labute approximate surface area is 160 Å². The summed E-state index contributed by atoms with van der Waals surface area (Å²) in [4.78, 5) is 17.5. The molecule has 1 amide bonds. The fourth-order valence-corrected chi connectivity index (χ4v) is 4.31. The van der Waals surface area contributed by atoms with Crippen LogP contribution in [0, 0.1) is 0 Å². The summed E-state index contributed by atoms with van der Waals surface area (Å²) in [6, 6.07) is 9.69. The quantitative estimate of drug-likeness (QED) is 0.664. The van der Waals surface area contributed by atoms with Gasteiger partial charge in [-0.3, -0.25) is 4.79 Å². The molecule has 9 heteroatoms. The molecule has 1 heterocycles. The van der Waals surface area contributed by atoms with Crippen molar-refractivity contribution in [2.75, 3.05) is 20.5 Å². The zero-order chi connectivity index (χ0) is 19.8. The number of fused-ring (bicyclic) bond motifs is 1. The summed E-state index contributed by atoms with van der Waals surface area (Å²) in [6.07, 6.45) is 1.16. The van der Waals surface area contributed by atoms with Crippen LogP contribution in [0.2, 0.25) is 0 Å². The molecule has 0 saturated heterocycles. The second kappa shape index (κ2) is 7.16. The highest BCUT2D eigenvalue weighted by molar-refractivity contribution is 7.90. The highest BCUT2D eigenvalue weighted by atomic mass is 32.2. The molecule has 142 valence electrons. The number of carbonyl (C=O) groups is 1. The molecule has 7 nitrogen and oxygen atoms in total. The molecule has 0 fully saturated rings. The Balaban J connectivity index is 2.10. The zero-order valence-electron chi connectivity index (χ0n) is 15.2. The molecular weight excluding hydrogens is 388 g/mol. The second-order valence-corrected chi connectivity index (χ2v) is 8.89. The van der Waals surface area contributed by atoms with Gasteiger partial charge in [0.1, 0.15) is 11.5 Å². The molecule has 0 unspecified atom stereocenters. The van der Waals surface area contributed by atoms with Gasteiger partial charge in [-0.1, -0.05) is 11.3 Å². The molecule has 2 aromatic carbocycles. The first-order chi connectivity index (χ1) is 12.7. The SMILES string of the molecule is COc1cc(OC)cc(C(=O)N=c2sc3cc(S(C)(=O)=O)ccc3n2C)c1. The van der Waals surface area contributed by atoms with Crippen molar-refractivity contribution in [3.63, 3.8) is 0 Å². The van der Waals surface area contributed by atoms with E-state index in [1.54, 1.807) is 48.0 Å². The maximum Gasteiger partial charge on any atom is 0.279 e. The van der Waals surface area contributed by atoms with E-state index in [0.29, 0.717) is 21.9 Å². The van der Waals surface area contributed by atoms with Crippen LogP contribution in [0.25, 0.3) is 10.2 Å². The summed E-state index contributed by atoms with van der Waals surface area (Å²) in [5.74, 6) is 0.538. The highest BCUT2D eigenvalue weighted by Crippen LogP contribution is 2.24. The van der Waals surface area contributed by atoms with Crippen LogP contribution in [-0.2, 0) is 16.9 Å². The Morgan fingerprint density at radius 2 is 1.70 bits per heavy atom. The standard InChI is InChI=1S/C18H18N2O5S2/c1-20-15-6-5-14(27(4,22)23)10-16(15)26-18(20)19-17(21)11-7-12(24-2)9-13(8-11)25-3/h5-10H,1-4H3. The van der Waals surface area contributed by atoms with E-state index in [9.17, 15) is 13.2 Å². The summed E-state index contributed by atoms with van der Waals surface area (Å²) in [5.41, 5.74) is 1.13. The molecular formula is C18H18N2O5S2. The fraction of sp³-hybridized carbons (Fsp3) is 0.222. The van der Waals surface area contributed by atoms with Crippen molar-refractivity contribution in [3.8, 4) is 11.5 Å². The summed E-state index contributed by atoms with van der Waals surface area (Å²) < 4.78 is 36.3. The molecule has 0 saturated carbocycles. The number of aryl methyl sites for hydroxylation is 1. The number of sulfone groups is 1. The number of rotatable bonds is 4. The van der Waals surface area contributed by atoms with Crippen molar-refractivity contribution >= 4 is 37.3 Å². The van der Waals surface area contributed by atoms with Crippen LogP contribution in [0.15, 0.2) is 46.3 Å². The molecule has 0 atom stereocenters. The van der Waals surface area contributed by atoms with Crippen LogP contribution in [0.1, 0.15) is 10.4 Å². The van der Waals surface area contributed by atoms with Gasteiger partial charge in [0.25, 0.3) is 5.91 Å². The number of methoxy groups -OCH3 is 2. The number of carbonyl (C=O) groups excluding carboxylic acids is 1. The number of nitrogens with zero attached hydrogens (tertiary/aromatic N) is 2. The molecule has 0 radical (unpaired) electrons. The van der Waals surface area contributed by atoms with Crippen molar-refractivity contribution in [2.24, 2.45) is 12.0 Å². The zero-order valence-corrected chi connectivity index (χ0v) is 16.8. The lowest BCUT2D eigenvalue weighted by Gasteiger charge is -2.05. The average Bonchev–Trinajstić information content (AvgIpc) is 2.95. The van der Waals surface area contributed by atoms with Crippen molar-refractivity contribution < 1.29 is 22.7 Å². The van der Waals surface area contributed by atoms with Crippen molar-refractivity contribution in [1.29, 1.82) is 0 Å². The van der Waals surface area contributed by atoms with Crippen LogP contribution in [0.3, 0.4) is 0 Å². The Bertz CT molecular complexity index is 1180. The molecule has 0 aliphatic heterocycles. The molecule has 0 aliphatic rings. The monoisotopic (exact) mass is 406 g/mol. The minimum atomic E-state index is -3.31. The fourth-order valence-electron chi connectivity index (χ4n) is 2.53. The Morgan fingerprint density at radius 1 is 1.07 bits per heavy atom. The van der Waals surface area contributed by atoms with Gasteiger partial charge in [-0.2, -0.15) is 4.99 Å². The number of aromatic nitrogens is 1. The maximum atomic E-state index is 12.6. The van der Waals surface area contributed by atoms with Crippen molar-refractivity contribution in [1.82, 2.24) is 4.57 Å². The normalized spacial score (nSPS) is 12.4. The highest BCUT2D eigenvalue weighted by Gasteiger charge is 2.13. The minimum absolute atomic E-state index is 0.229. The van der Waals surface area contributed by atoms with E-state index < -0.39 is 15.7 Å². The van der Waals surface area contributed by atoms with Crippen molar-refractivity contribution in [3.05, 3.63) is 46.8 Å². The Morgan fingerprint density at radius 3 is 2.26 bits per heavy atom.